The summed E-state index contributed by atoms with van der Waals surface area (Å²) in [6, 6.07) is 3.92. The van der Waals surface area contributed by atoms with Gasteiger partial charge in [-0.25, -0.2) is 4.79 Å². The summed E-state index contributed by atoms with van der Waals surface area (Å²) in [5, 5.41) is 15.9. The van der Waals surface area contributed by atoms with Gasteiger partial charge in [0.05, 0.1) is 5.75 Å². The molecule has 0 bridgehead atoms. The topological polar surface area (TPSA) is 88.9 Å². The van der Waals surface area contributed by atoms with Crippen molar-refractivity contribution < 1.29 is 9.59 Å². The molecule has 1 fully saturated rings. The highest BCUT2D eigenvalue weighted by molar-refractivity contribution is 7.99. The Morgan fingerprint density at radius 3 is 2.96 bits per heavy atom. The Morgan fingerprint density at radius 1 is 1.36 bits per heavy atom. The van der Waals surface area contributed by atoms with Gasteiger partial charge in [-0.2, -0.15) is 0 Å². The number of carbonyl (C=O) groups is 2. The number of urea groups is 1. The van der Waals surface area contributed by atoms with E-state index in [1.165, 1.54) is 16.6 Å². The number of hydrogen-bond donors (Lipinski definition) is 2. The molecule has 0 radical (unpaired) electrons. The summed E-state index contributed by atoms with van der Waals surface area (Å²) in [4.78, 5) is 25.0. The van der Waals surface area contributed by atoms with Gasteiger partial charge >= 0.3 is 6.03 Å². The Labute approximate surface area is 154 Å². The van der Waals surface area contributed by atoms with Crippen molar-refractivity contribution in [2.75, 3.05) is 5.75 Å². The minimum atomic E-state index is -0.406. The van der Waals surface area contributed by atoms with Gasteiger partial charge < -0.3 is 9.88 Å². The molecule has 1 saturated carbocycles. The first kappa shape index (κ1) is 17.9. The molecule has 0 unspecified atom stereocenters. The van der Waals surface area contributed by atoms with Crippen molar-refractivity contribution in [2.45, 2.75) is 49.8 Å². The van der Waals surface area contributed by atoms with Crippen LogP contribution >= 0.6 is 23.1 Å². The van der Waals surface area contributed by atoms with Gasteiger partial charge in [-0.1, -0.05) is 30.7 Å². The van der Waals surface area contributed by atoms with E-state index in [4.69, 9.17) is 0 Å². The lowest BCUT2D eigenvalue weighted by molar-refractivity contribution is -0.117. The van der Waals surface area contributed by atoms with E-state index in [1.807, 2.05) is 10.6 Å². The lowest BCUT2D eigenvalue weighted by Gasteiger charge is -2.12. The molecule has 0 aromatic carbocycles. The summed E-state index contributed by atoms with van der Waals surface area (Å²) >= 11 is 3.00. The van der Waals surface area contributed by atoms with Crippen LogP contribution in [0.3, 0.4) is 0 Å². The molecule has 0 aliphatic heterocycles. The molecule has 7 nitrogen and oxygen atoms in total. The maximum absolute atomic E-state index is 11.9. The van der Waals surface area contributed by atoms with Crippen LogP contribution in [0.5, 0.6) is 0 Å². The molecule has 0 atom stereocenters. The van der Waals surface area contributed by atoms with E-state index in [-0.39, 0.29) is 17.7 Å². The molecule has 3 rings (SSSR count). The minimum Gasteiger partial charge on any atom is -0.335 e. The Balaban J connectivity index is 1.41. The van der Waals surface area contributed by atoms with Gasteiger partial charge in [0.1, 0.15) is 6.33 Å². The zero-order valence-corrected chi connectivity index (χ0v) is 15.4. The Hall–Kier alpha value is -1.87. The van der Waals surface area contributed by atoms with Gasteiger partial charge in [0.2, 0.25) is 5.91 Å². The van der Waals surface area contributed by atoms with E-state index in [0.29, 0.717) is 5.16 Å². The standard InChI is InChI=1S/C16H21N5O2S2/c22-14(19-15(23)18-12-4-1-2-5-12)10-25-16-20-17-11-21(16)8-7-13-6-3-9-24-13/h3,6,9,11-12H,1-2,4-5,7-8,10H2,(H2,18,19,22,23). The minimum absolute atomic E-state index is 0.135. The number of amides is 3. The van der Waals surface area contributed by atoms with Gasteiger partial charge in [-0.15, -0.1) is 21.5 Å². The SMILES string of the molecule is O=C(CSc1nncn1CCc1cccs1)NC(=O)NC1CCCC1. The maximum atomic E-state index is 11.9. The molecule has 25 heavy (non-hydrogen) atoms. The lowest BCUT2D eigenvalue weighted by Crippen LogP contribution is -2.44. The smallest absolute Gasteiger partial charge is 0.321 e. The van der Waals surface area contributed by atoms with Crippen LogP contribution in [0.25, 0.3) is 0 Å². The monoisotopic (exact) mass is 379 g/mol. The number of aryl methyl sites for hydroxylation is 2. The number of rotatable bonds is 7. The molecule has 2 N–H and O–H groups in total. The number of thiophene rings is 1. The maximum Gasteiger partial charge on any atom is 0.321 e. The number of nitrogens with zero attached hydrogens (tertiary/aromatic N) is 3. The average molecular weight is 380 g/mol. The normalized spacial score (nSPS) is 14.6. The summed E-state index contributed by atoms with van der Waals surface area (Å²) in [6.07, 6.45) is 6.82. The zero-order chi connectivity index (χ0) is 17.5. The summed E-state index contributed by atoms with van der Waals surface area (Å²) in [7, 11) is 0. The third-order valence-corrected chi connectivity index (χ3v) is 5.95. The fraction of sp³-hybridized carbons (Fsp3) is 0.500. The van der Waals surface area contributed by atoms with Gasteiger partial charge in [0.25, 0.3) is 0 Å². The highest BCUT2D eigenvalue weighted by atomic mass is 32.2. The second-order valence-electron chi connectivity index (χ2n) is 5.93. The number of aromatic nitrogens is 3. The van der Waals surface area contributed by atoms with Crippen molar-refractivity contribution >= 4 is 35.0 Å². The van der Waals surface area contributed by atoms with Crippen LogP contribution in [0.1, 0.15) is 30.6 Å². The average Bonchev–Trinajstić information content (AvgIpc) is 3.33. The fourth-order valence-corrected chi connectivity index (χ4v) is 4.22. The molecule has 1 aliphatic carbocycles. The zero-order valence-electron chi connectivity index (χ0n) is 13.8. The highest BCUT2D eigenvalue weighted by Crippen LogP contribution is 2.18. The molecule has 0 spiro atoms. The van der Waals surface area contributed by atoms with Crippen LogP contribution in [0.2, 0.25) is 0 Å². The Kier molecular flexibility index (Phi) is 6.46. The lowest BCUT2D eigenvalue weighted by atomic mass is 10.2. The largest absolute Gasteiger partial charge is 0.335 e. The highest BCUT2D eigenvalue weighted by Gasteiger charge is 2.18. The third kappa shape index (κ3) is 5.57. The molecule has 3 amide bonds. The molecule has 2 aromatic heterocycles. The van der Waals surface area contributed by atoms with Crippen molar-refractivity contribution in [3.8, 4) is 0 Å². The number of carbonyl (C=O) groups excluding carboxylic acids is 2. The van der Waals surface area contributed by atoms with Crippen molar-refractivity contribution in [2.24, 2.45) is 0 Å². The molecule has 2 heterocycles. The second-order valence-corrected chi connectivity index (χ2v) is 7.90. The molecular weight excluding hydrogens is 358 g/mol. The van der Waals surface area contributed by atoms with E-state index >= 15 is 0 Å². The van der Waals surface area contributed by atoms with Gasteiger partial charge in [0, 0.05) is 17.5 Å². The van der Waals surface area contributed by atoms with Crippen LogP contribution in [-0.2, 0) is 17.8 Å². The summed E-state index contributed by atoms with van der Waals surface area (Å²) in [5.74, 6) is -0.191. The fourth-order valence-electron chi connectivity index (χ4n) is 2.78. The third-order valence-electron chi connectivity index (χ3n) is 4.03. The first-order valence-electron chi connectivity index (χ1n) is 8.34. The van der Waals surface area contributed by atoms with Crippen LogP contribution in [0.15, 0.2) is 29.0 Å². The molecule has 0 saturated heterocycles. The first-order valence-corrected chi connectivity index (χ1v) is 10.2. The molecule has 2 aromatic rings. The molecular formula is C16H21N5O2S2. The van der Waals surface area contributed by atoms with Gasteiger partial charge in [-0.3, -0.25) is 10.1 Å². The summed E-state index contributed by atoms with van der Waals surface area (Å²) < 4.78 is 1.93. The Morgan fingerprint density at radius 2 is 2.20 bits per heavy atom. The molecule has 9 heteroatoms. The summed E-state index contributed by atoms with van der Waals surface area (Å²) in [5.41, 5.74) is 0. The second kappa shape index (κ2) is 9.00. The van der Waals surface area contributed by atoms with Crippen LogP contribution < -0.4 is 10.6 Å². The van der Waals surface area contributed by atoms with Gasteiger partial charge in [-0.05, 0) is 30.7 Å². The van der Waals surface area contributed by atoms with E-state index < -0.39 is 6.03 Å². The molecule has 134 valence electrons. The quantitative estimate of drug-likeness (QED) is 0.722. The van der Waals surface area contributed by atoms with Crippen LogP contribution in [-0.4, -0.2) is 38.5 Å². The van der Waals surface area contributed by atoms with E-state index in [9.17, 15) is 9.59 Å². The van der Waals surface area contributed by atoms with E-state index in [1.54, 1.807) is 17.7 Å². The van der Waals surface area contributed by atoms with Crippen molar-refractivity contribution in [3.05, 3.63) is 28.7 Å². The predicted molar refractivity (Wildman–Crippen MR) is 97.7 cm³/mol. The van der Waals surface area contributed by atoms with E-state index in [2.05, 4.69) is 32.3 Å². The van der Waals surface area contributed by atoms with Crippen molar-refractivity contribution in [1.82, 2.24) is 25.4 Å². The Bertz CT molecular complexity index is 695. The van der Waals surface area contributed by atoms with Crippen molar-refractivity contribution in [3.63, 3.8) is 0 Å². The predicted octanol–water partition coefficient (Wildman–Crippen LogP) is 2.44. The van der Waals surface area contributed by atoms with Crippen LogP contribution in [0.4, 0.5) is 4.79 Å². The first-order chi connectivity index (χ1) is 12.2. The van der Waals surface area contributed by atoms with Crippen molar-refractivity contribution in [1.29, 1.82) is 0 Å². The van der Waals surface area contributed by atoms with Gasteiger partial charge in [0.15, 0.2) is 5.16 Å². The number of thioether (sulfide) groups is 1. The summed E-state index contributed by atoms with van der Waals surface area (Å²) in [6.45, 7) is 0.764. The number of hydrogen-bond acceptors (Lipinski definition) is 6. The van der Waals surface area contributed by atoms with E-state index in [0.717, 1.165) is 38.6 Å². The molecule has 1 aliphatic rings. The number of nitrogens with one attached hydrogen (secondary N) is 2. The number of imide groups is 1. The van der Waals surface area contributed by atoms with Crippen LogP contribution in [0, 0.1) is 0 Å².